The molecule has 0 aliphatic carbocycles. The number of halogens is 1. The molecule has 0 aliphatic heterocycles. The standard InChI is InChI=1S/C13H19O2.CN.Cu.HI.Zn/c1-3-5-6-7-8-9-10-11-12-13(14)15-4-2;1-2;;;/h11H,3-6,9-10H2,1-2H3;;;1H;/q2*-1;+1;;+2/p-1. The zero-order valence-corrected chi connectivity index (χ0v) is 18.0. The molecule has 3 nitrogen and oxygen atoms in total. The van der Waals surface area contributed by atoms with Gasteiger partial charge in [-0.15, -0.1) is 11.8 Å². The first-order valence-electron chi connectivity index (χ1n) is 6.01. The van der Waals surface area contributed by atoms with Crippen LogP contribution in [-0.4, -0.2) is 12.6 Å². The summed E-state index contributed by atoms with van der Waals surface area (Å²) in [7, 11) is 0. The molecule has 0 aromatic rings. The molecular formula is C14H19CuINO2Zn. The third-order valence-electron chi connectivity index (χ3n) is 1.69. The number of ether oxygens (including phenoxy) is 1. The third kappa shape index (κ3) is 30.9. The average Bonchev–Trinajstić information content (AvgIpc) is 2.46. The molecule has 0 bridgehead atoms. The van der Waals surface area contributed by atoms with Gasteiger partial charge in [-0.2, -0.15) is 0 Å². The Morgan fingerprint density at radius 1 is 1.35 bits per heavy atom. The predicted molar refractivity (Wildman–Crippen MR) is 80.0 cm³/mol. The molecule has 0 radical (unpaired) electrons. The zero-order valence-electron chi connectivity index (χ0n) is 12.0. The summed E-state index contributed by atoms with van der Waals surface area (Å²) in [5, 5.41) is 6.25. The van der Waals surface area contributed by atoms with Crippen LogP contribution in [0.1, 0.15) is 46.0 Å². The van der Waals surface area contributed by atoms with E-state index >= 15 is 0 Å². The van der Waals surface area contributed by atoms with E-state index in [9.17, 15) is 4.79 Å². The van der Waals surface area contributed by atoms with E-state index in [0.29, 0.717) is 6.61 Å². The Labute approximate surface area is 154 Å². The van der Waals surface area contributed by atoms with Crippen LogP contribution < -0.4 is 0 Å². The summed E-state index contributed by atoms with van der Waals surface area (Å²) in [6.07, 6.45) is 9.09. The van der Waals surface area contributed by atoms with E-state index in [2.05, 4.69) is 49.3 Å². The van der Waals surface area contributed by atoms with Gasteiger partial charge in [0.05, 0.1) is 6.61 Å². The SMILES string of the molecule is CCCCC#CCCC=[C-]C(=O)OCC.[C-]#N.[Cu+].[Zn+][I]. The summed E-state index contributed by atoms with van der Waals surface area (Å²) in [5.74, 6) is 5.75. The van der Waals surface area contributed by atoms with Crippen LogP contribution in [0.4, 0.5) is 0 Å². The van der Waals surface area contributed by atoms with Crippen molar-refractivity contribution in [1.82, 2.24) is 0 Å². The van der Waals surface area contributed by atoms with Crippen LogP contribution in [-0.2, 0) is 41.4 Å². The van der Waals surface area contributed by atoms with Crippen molar-refractivity contribution in [2.75, 3.05) is 6.61 Å². The minimum atomic E-state index is -0.392. The number of carbonyl (C=O) groups is 1. The number of hydrogen-bond donors (Lipinski definition) is 0. The van der Waals surface area contributed by atoms with Crippen molar-refractivity contribution in [2.24, 2.45) is 0 Å². The Balaban J connectivity index is -0.000000233. The fourth-order valence-corrected chi connectivity index (χ4v) is 0.915. The molecule has 0 heterocycles. The zero-order chi connectivity index (χ0) is 15.4. The average molecular weight is 489 g/mol. The Kier molecular flexibility index (Phi) is 44.6. The second-order valence-electron chi connectivity index (χ2n) is 3.06. The van der Waals surface area contributed by atoms with Gasteiger partial charge in [-0.05, 0) is 13.3 Å². The normalized spacial score (nSPS) is 7.75. The van der Waals surface area contributed by atoms with Gasteiger partial charge in [0.1, 0.15) is 5.97 Å². The van der Waals surface area contributed by atoms with Crippen LogP contribution in [0.3, 0.4) is 0 Å². The number of rotatable bonds is 6. The molecule has 0 unspecified atom stereocenters. The summed E-state index contributed by atoms with van der Waals surface area (Å²) in [6.45, 7) is 9.08. The van der Waals surface area contributed by atoms with E-state index in [1.165, 1.54) is 21.2 Å². The summed E-state index contributed by atoms with van der Waals surface area (Å²) in [4.78, 5) is 10.8. The van der Waals surface area contributed by atoms with Gasteiger partial charge in [-0.3, -0.25) is 10.9 Å². The number of allylic oxidation sites excluding steroid dienone is 1. The Bertz CT molecular complexity index is 299. The number of hydrogen-bond acceptors (Lipinski definition) is 3. The fraction of sp³-hybridized carbons (Fsp3) is 0.571. The van der Waals surface area contributed by atoms with Gasteiger partial charge < -0.3 is 22.6 Å². The fourth-order valence-electron chi connectivity index (χ4n) is 0.915. The maximum atomic E-state index is 10.8. The summed E-state index contributed by atoms with van der Waals surface area (Å²) >= 11 is 3.62. The monoisotopic (exact) mass is 487 g/mol. The molecule has 0 rings (SSSR count). The first-order chi connectivity index (χ1) is 9.31. The first kappa shape index (κ1) is 28.3. The van der Waals surface area contributed by atoms with E-state index in [-0.39, 0.29) is 17.1 Å². The summed E-state index contributed by atoms with van der Waals surface area (Å²) < 4.78 is 4.68. The van der Waals surface area contributed by atoms with Crippen molar-refractivity contribution >= 4 is 25.7 Å². The Morgan fingerprint density at radius 2 is 1.90 bits per heavy atom. The molecule has 0 saturated heterocycles. The minimum absolute atomic E-state index is 0. The number of esters is 1. The van der Waals surface area contributed by atoms with Crippen LogP contribution in [0, 0.1) is 29.8 Å². The molecule has 0 aromatic heterocycles. The number of nitrogens with zero attached hydrogens (tertiary/aromatic N) is 1. The van der Waals surface area contributed by atoms with Crippen LogP contribution in [0.5, 0.6) is 0 Å². The van der Waals surface area contributed by atoms with E-state index in [0.717, 1.165) is 25.7 Å². The quantitative estimate of drug-likeness (QED) is 0.108. The van der Waals surface area contributed by atoms with Crippen molar-refractivity contribution in [2.45, 2.75) is 46.0 Å². The topological polar surface area (TPSA) is 50.1 Å². The summed E-state index contributed by atoms with van der Waals surface area (Å²) in [5.41, 5.74) is 0. The van der Waals surface area contributed by atoms with Crippen molar-refractivity contribution in [3.8, 4) is 11.8 Å². The molecule has 0 N–H and O–H groups in total. The Hall–Kier alpha value is 0.133. The molecule has 0 saturated carbocycles. The Morgan fingerprint density at radius 3 is 2.40 bits per heavy atom. The van der Waals surface area contributed by atoms with Gasteiger partial charge in [0, 0.05) is 12.8 Å². The second-order valence-corrected chi connectivity index (χ2v) is 3.06. The molecule has 20 heavy (non-hydrogen) atoms. The number of carbonyl (C=O) groups excluding carboxylic acids is 1. The molecule has 0 aromatic carbocycles. The molecule has 0 amide bonds. The van der Waals surface area contributed by atoms with Gasteiger partial charge in [0.15, 0.2) is 0 Å². The predicted octanol–water partition coefficient (Wildman–Crippen LogP) is 3.86. The number of unbranched alkanes of at least 4 members (excludes halogenated alkanes) is 3. The van der Waals surface area contributed by atoms with Crippen molar-refractivity contribution in [1.29, 1.82) is 5.26 Å². The maximum absolute atomic E-state index is 10.8. The van der Waals surface area contributed by atoms with Gasteiger partial charge >= 0.3 is 51.6 Å². The van der Waals surface area contributed by atoms with Crippen LogP contribution in [0.15, 0.2) is 6.08 Å². The molecule has 0 fully saturated rings. The van der Waals surface area contributed by atoms with Gasteiger partial charge in [-0.25, -0.2) is 0 Å². The van der Waals surface area contributed by atoms with Crippen molar-refractivity contribution < 1.29 is 41.4 Å². The first-order valence-corrected chi connectivity index (χ1v) is 15.1. The van der Waals surface area contributed by atoms with E-state index < -0.39 is 5.97 Å². The van der Waals surface area contributed by atoms with Crippen LogP contribution in [0.2, 0.25) is 0 Å². The molecular weight excluding hydrogens is 470 g/mol. The van der Waals surface area contributed by atoms with Crippen LogP contribution in [0.25, 0.3) is 0 Å². The molecule has 0 atom stereocenters. The second kappa shape index (κ2) is 31.5. The third-order valence-corrected chi connectivity index (χ3v) is 1.69. The van der Waals surface area contributed by atoms with Gasteiger partial charge in [0.2, 0.25) is 0 Å². The van der Waals surface area contributed by atoms with E-state index in [1.54, 1.807) is 13.0 Å². The van der Waals surface area contributed by atoms with Gasteiger partial charge in [-0.1, -0.05) is 19.8 Å². The van der Waals surface area contributed by atoms with Crippen LogP contribution >= 0.6 is 19.8 Å². The van der Waals surface area contributed by atoms with E-state index in [1.807, 2.05) is 0 Å². The summed E-state index contributed by atoms with van der Waals surface area (Å²) in [6, 6.07) is 0. The van der Waals surface area contributed by atoms with E-state index in [4.69, 9.17) is 11.8 Å². The van der Waals surface area contributed by atoms with Crippen molar-refractivity contribution in [3.05, 3.63) is 18.7 Å². The molecule has 6 heteroatoms. The molecule has 112 valence electrons. The van der Waals surface area contributed by atoms with Gasteiger partial charge in [0.25, 0.3) is 0 Å². The van der Waals surface area contributed by atoms with Crippen molar-refractivity contribution in [3.63, 3.8) is 0 Å². The molecule has 0 spiro atoms. The molecule has 0 aliphatic rings.